The molecule has 1 aromatic rings. The van der Waals surface area contributed by atoms with Gasteiger partial charge in [0, 0.05) is 32.0 Å². The first-order valence-electron chi connectivity index (χ1n) is 8.92. The molecule has 0 spiro atoms. The molecule has 2 N–H and O–H groups in total. The maximum atomic E-state index is 4.74. The molecule has 0 aromatic carbocycles. The zero-order valence-electron chi connectivity index (χ0n) is 14.0. The Kier molecular flexibility index (Phi) is 5.06. The average Bonchev–Trinajstić information content (AvgIpc) is 3.18. The molecule has 3 rings (SSSR count). The summed E-state index contributed by atoms with van der Waals surface area (Å²) < 4.78 is 2.07. The van der Waals surface area contributed by atoms with Crippen LogP contribution in [0.15, 0.2) is 23.5 Å². The Balaban J connectivity index is 1.51. The summed E-state index contributed by atoms with van der Waals surface area (Å²) in [6.07, 6.45) is 12.8. The van der Waals surface area contributed by atoms with E-state index in [1.165, 1.54) is 44.1 Å². The van der Waals surface area contributed by atoms with Gasteiger partial charge in [0.25, 0.3) is 0 Å². The summed E-state index contributed by atoms with van der Waals surface area (Å²) in [5, 5.41) is 7.03. The van der Waals surface area contributed by atoms with Crippen molar-refractivity contribution in [3.8, 4) is 0 Å². The van der Waals surface area contributed by atoms with E-state index in [-0.39, 0.29) is 0 Å². The SMILES string of the molecule is CCNC(=NCc1ccn(C)c1)NC1CC1C1CCCCC1. The Morgan fingerprint density at radius 3 is 2.82 bits per heavy atom. The number of hydrogen-bond donors (Lipinski definition) is 2. The molecule has 0 radical (unpaired) electrons. The van der Waals surface area contributed by atoms with Crippen molar-refractivity contribution in [2.24, 2.45) is 23.9 Å². The lowest BCUT2D eigenvalue weighted by Gasteiger charge is -2.22. The first-order chi connectivity index (χ1) is 10.8. The van der Waals surface area contributed by atoms with Gasteiger partial charge in [0.2, 0.25) is 0 Å². The Hall–Kier alpha value is -1.45. The van der Waals surface area contributed by atoms with Crippen LogP contribution in [0.1, 0.15) is 51.0 Å². The molecule has 2 fully saturated rings. The monoisotopic (exact) mass is 302 g/mol. The van der Waals surface area contributed by atoms with Crippen molar-refractivity contribution in [2.45, 2.75) is 58.0 Å². The van der Waals surface area contributed by atoms with Crippen LogP contribution in [0.3, 0.4) is 0 Å². The van der Waals surface area contributed by atoms with E-state index in [0.29, 0.717) is 6.04 Å². The Labute approximate surface area is 134 Å². The number of rotatable bonds is 5. The molecule has 0 amide bonds. The minimum Gasteiger partial charge on any atom is -0.357 e. The lowest BCUT2D eigenvalue weighted by molar-refractivity contribution is 0.315. The molecule has 2 aliphatic carbocycles. The fourth-order valence-corrected chi connectivity index (χ4v) is 3.78. The Bertz CT molecular complexity index is 499. The standard InChI is InChI=1S/C18H30N4/c1-3-19-18(20-12-14-9-10-22(2)13-14)21-17-11-16(17)15-7-5-4-6-8-15/h9-10,13,15-17H,3-8,11-12H2,1-2H3,(H2,19,20,21). The van der Waals surface area contributed by atoms with Crippen LogP contribution < -0.4 is 10.6 Å². The zero-order valence-corrected chi connectivity index (χ0v) is 14.0. The van der Waals surface area contributed by atoms with E-state index in [4.69, 9.17) is 4.99 Å². The van der Waals surface area contributed by atoms with E-state index in [1.54, 1.807) is 0 Å². The maximum absolute atomic E-state index is 4.74. The predicted molar refractivity (Wildman–Crippen MR) is 91.8 cm³/mol. The second-order valence-corrected chi connectivity index (χ2v) is 6.93. The molecule has 122 valence electrons. The van der Waals surface area contributed by atoms with Crippen molar-refractivity contribution >= 4 is 5.96 Å². The highest BCUT2D eigenvalue weighted by Crippen LogP contribution is 2.44. The van der Waals surface area contributed by atoms with Gasteiger partial charge in [-0.25, -0.2) is 4.99 Å². The normalized spacial score (nSPS) is 26.0. The van der Waals surface area contributed by atoms with Crippen LogP contribution in [-0.2, 0) is 13.6 Å². The third-order valence-corrected chi connectivity index (χ3v) is 5.07. The summed E-state index contributed by atoms with van der Waals surface area (Å²) in [5.74, 6) is 2.83. The number of aliphatic imine (C=N–C) groups is 1. The second kappa shape index (κ2) is 7.21. The number of nitrogens with one attached hydrogen (secondary N) is 2. The van der Waals surface area contributed by atoms with Gasteiger partial charge >= 0.3 is 0 Å². The lowest BCUT2D eigenvalue weighted by atomic mass is 9.85. The highest BCUT2D eigenvalue weighted by Gasteiger charge is 2.43. The van der Waals surface area contributed by atoms with Gasteiger partial charge in [-0.3, -0.25) is 0 Å². The van der Waals surface area contributed by atoms with Crippen molar-refractivity contribution in [3.63, 3.8) is 0 Å². The van der Waals surface area contributed by atoms with Gasteiger partial charge in [-0.1, -0.05) is 32.1 Å². The van der Waals surface area contributed by atoms with E-state index in [1.807, 2.05) is 0 Å². The first-order valence-corrected chi connectivity index (χ1v) is 8.92. The first kappa shape index (κ1) is 15.4. The van der Waals surface area contributed by atoms with Crippen molar-refractivity contribution in [3.05, 3.63) is 24.0 Å². The molecule has 2 unspecified atom stereocenters. The van der Waals surface area contributed by atoms with Gasteiger partial charge < -0.3 is 15.2 Å². The summed E-state index contributed by atoms with van der Waals surface area (Å²) in [7, 11) is 2.05. The molecule has 2 atom stereocenters. The van der Waals surface area contributed by atoms with Crippen molar-refractivity contribution in [2.75, 3.05) is 6.54 Å². The van der Waals surface area contributed by atoms with E-state index >= 15 is 0 Å². The van der Waals surface area contributed by atoms with E-state index in [9.17, 15) is 0 Å². The maximum Gasteiger partial charge on any atom is 0.191 e. The predicted octanol–water partition coefficient (Wildman–Crippen LogP) is 3.05. The molecule has 0 aliphatic heterocycles. The van der Waals surface area contributed by atoms with Crippen LogP contribution in [0.25, 0.3) is 0 Å². The number of hydrogen-bond acceptors (Lipinski definition) is 1. The summed E-state index contributed by atoms with van der Waals surface area (Å²) in [4.78, 5) is 4.74. The molecule has 0 saturated heterocycles. The minimum atomic E-state index is 0.650. The summed E-state index contributed by atoms with van der Waals surface area (Å²) in [6.45, 7) is 3.80. The molecular weight excluding hydrogens is 272 g/mol. The molecule has 1 heterocycles. The van der Waals surface area contributed by atoms with Crippen molar-refractivity contribution in [1.29, 1.82) is 0 Å². The number of guanidine groups is 1. The number of aromatic nitrogens is 1. The molecule has 4 nitrogen and oxygen atoms in total. The molecule has 1 aromatic heterocycles. The van der Waals surface area contributed by atoms with Gasteiger partial charge in [-0.05, 0) is 36.8 Å². The van der Waals surface area contributed by atoms with E-state index in [0.717, 1.165) is 30.9 Å². The van der Waals surface area contributed by atoms with Crippen LogP contribution in [0.5, 0.6) is 0 Å². The topological polar surface area (TPSA) is 41.4 Å². The quantitative estimate of drug-likeness (QED) is 0.648. The molecule has 22 heavy (non-hydrogen) atoms. The Morgan fingerprint density at radius 2 is 2.14 bits per heavy atom. The molecule has 4 heteroatoms. The molecule has 2 aliphatic rings. The van der Waals surface area contributed by atoms with Gasteiger partial charge in [0.15, 0.2) is 5.96 Å². The lowest BCUT2D eigenvalue weighted by Crippen LogP contribution is -2.39. The third-order valence-electron chi connectivity index (χ3n) is 5.07. The van der Waals surface area contributed by atoms with Crippen LogP contribution >= 0.6 is 0 Å². The van der Waals surface area contributed by atoms with E-state index < -0.39 is 0 Å². The number of aryl methyl sites for hydroxylation is 1. The van der Waals surface area contributed by atoms with E-state index in [2.05, 4.69) is 47.6 Å². The van der Waals surface area contributed by atoms with Crippen LogP contribution in [0.4, 0.5) is 0 Å². The second-order valence-electron chi connectivity index (χ2n) is 6.93. The molecular formula is C18H30N4. The minimum absolute atomic E-state index is 0.650. The van der Waals surface area contributed by atoms with Gasteiger partial charge in [-0.15, -0.1) is 0 Å². The number of nitrogens with zero attached hydrogens (tertiary/aromatic N) is 2. The fraction of sp³-hybridized carbons (Fsp3) is 0.722. The van der Waals surface area contributed by atoms with Crippen molar-refractivity contribution < 1.29 is 0 Å². The summed E-state index contributed by atoms with van der Waals surface area (Å²) >= 11 is 0. The highest BCUT2D eigenvalue weighted by molar-refractivity contribution is 5.80. The van der Waals surface area contributed by atoms with Gasteiger partial charge in [0.05, 0.1) is 6.54 Å². The van der Waals surface area contributed by atoms with Crippen molar-refractivity contribution in [1.82, 2.24) is 15.2 Å². The average molecular weight is 302 g/mol. The highest BCUT2D eigenvalue weighted by atomic mass is 15.2. The van der Waals surface area contributed by atoms with Gasteiger partial charge in [0.1, 0.15) is 0 Å². The molecule has 2 saturated carbocycles. The summed E-state index contributed by atoms with van der Waals surface area (Å²) in [6, 6.07) is 2.78. The summed E-state index contributed by atoms with van der Waals surface area (Å²) in [5.41, 5.74) is 1.26. The largest absolute Gasteiger partial charge is 0.357 e. The van der Waals surface area contributed by atoms with Crippen LogP contribution in [-0.4, -0.2) is 23.1 Å². The van der Waals surface area contributed by atoms with Gasteiger partial charge in [-0.2, -0.15) is 0 Å². The zero-order chi connectivity index (χ0) is 15.4. The van der Waals surface area contributed by atoms with Crippen LogP contribution in [0.2, 0.25) is 0 Å². The Morgan fingerprint density at radius 1 is 1.32 bits per heavy atom. The molecule has 0 bridgehead atoms. The third kappa shape index (κ3) is 4.05. The fourth-order valence-electron chi connectivity index (χ4n) is 3.78. The van der Waals surface area contributed by atoms with Crippen LogP contribution in [0, 0.1) is 11.8 Å². The smallest absolute Gasteiger partial charge is 0.191 e.